The van der Waals surface area contributed by atoms with E-state index in [0.717, 1.165) is 15.1 Å². The molecule has 3 rings (SSSR count). The van der Waals surface area contributed by atoms with Gasteiger partial charge in [-0.3, -0.25) is 0 Å². The monoisotopic (exact) mass is 385 g/mol. The van der Waals surface area contributed by atoms with Crippen molar-refractivity contribution in [2.75, 3.05) is 0 Å². The summed E-state index contributed by atoms with van der Waals surface area (Å²) < 4.78 is 6.04. The van der Waals surface area contributed by atoms with Crippen LogP contribution in [0.3, 0.4) is 0 Å². The normalized spacial score (nSPS) is 11.3. The second kappa shape index (κ2) is 7.20. The van der Waals surface area contributed by atoms with Gasteiger partial charge in [0.2, 0.25) is 0 Å². The van der Waals surface area contributed by atoms with Crippen molar-refractivity contribution in [1.29, 1.82) is 0 Å². The minimum Gasteiger partial charge on any atom is -0.363 e. The Labute approximate surface area is 148 Å². The topological polar surface area (TPSA) is 26.0 Å². The van der Waals surface area contributed by atoms with Crippen molar-refractivity contribution in [2.24, 2.45) is 0 Å². The average Bonchev–Trinajstić information content (AvgIpc) is 2.93. The fourth-order valence-corrected chi connectivity index (χ4v) is 3.24. The molecule has 0 radical (unpaired) electrons. The zero-order chi connectivity index (χ0) is 16.2. The predicted molar refractivity (Wildman–Crippen MR) is 100 cm³/mol. The molecule has 0 saturated heterocycles. The van der Waals surface area contributed by atoms with E-state index in [0.29, 0.717) is 0 Å². The van der Waals surface area contributed by atoms with Gasteiger partial charge in [0.1, 0.15) is 6.26 Å². The van der Waals surface area contributed by atoms with Crippen molar-refractivity contribution in [3.8, 4) is 11.1 Å². The molecule has 1 aromatic heterocycles. The van der Waals surface area contributed by atoms with E-state index in [4.69, 9.17) is 4.52 Å². The SMILES string of the molecule is Cc1cc(C=CSc2conc2C)cc(-c2ccc(Br)cc2)c1. The summed E-state index contributed by atoms with van der Waals surface area (Å²) >= 11 is 5.09. The van der Waals surface area contributed by atoms with E-state index in [1.807, 2.05) is 6.92 Å². The number of thioether (sulfide) groups is 1. The van der Waals surface area contributed by atoms with Gasteiger partial charge in [-0.2, -0.15) is 0 Å². The summed E-state index contributed by atoms with van der Waals surface area (Å²) in [4.78, 5) is 1.04. The Morgan fingerprint density at radius 2 is 1.83 bits per heavy atom. The van der Waals surface area contributed by atoms with Gasteiger partial charge in [-0.05, 0) is 65.8 Å². The third-order valence-corrected chi connectivity index (χ3v) is 4.89. The third kappa shape index (κ3) is 4.15. The lowest BCUT2D eigenvalue weighted by molar-refractivity contribution is 0.413. The van der Waals surface area contributed by atoms with Crippen LogP contribution in [0.2, 0.25) is 0 Å². The van der Waals surface area contributed by atoms with Gasteiger partial charge in [-0.1, -0.05) is 57.1 Å². The largest absolute Gasteiger partial charge is 0.363 e. The predicted octanol–water partition coefficient (Wildman–Crippen LogP) is 6.48. The van der Waals surface area contributed by atoms with Crippen LogP contribution < -0.4 is 0 Å². The van der Waals surface area contributed by atoms with Gasteiger partial charge in [0, 0.05) is 4.47 Å². The minimum atomic E-state index is 0.916. The summed E-state index contributed by atoms with van der Waals surface area (Å²) in [6.07, 6.45) is 3.79. The molecular formula is C19H16BrNOS. The first kappa shape index (κ1) is 16.1. The van der Waals surface area contributed by atoms with Crippen LogP contribution in [-0.2, 0) is 0 Å². The summed E-state index contributed by atoms with van der Waals surface area (Å²) in [6, 6.07) is 15.0. The number of aryl methyl sites for hydroxylation is 2. The number of benzene rings is 2. The van der Waals surface area contributed by atoms with Gasteiger partial charge in [0.05, 0.1) is 10.6 Å². The molecule has 0 bridgehead atoms. The zero-order valence-electron chi connectivity index (χ0n) is 12.9. The molecule has 0 fully saturated rings. The highest BCUT2D eigenvalue weighted by Crippen LogP contribution is 2.27. The van der Waals surface area contributed by atoms with E-state index < -0.39 is 0 Å². The lowest BCUT2D eigenvalue weighted by atomic mass is 10.0. The molecule has 0 N–H and O–H groups in total. The second-order valence-electron chi connectivity index (χ2n) is 5.32. The lowest BCUT2D eigenvalue weighted by Gasteiger charge is -2.06. The Morgan fingerprint density at radius 1 is 1.04 bits per heavy atom. The van der Waals surface area contributed by atoms with E-state index in [-0.39, 0.29) is 0 Å². The van der Waals surface area contributed by atoms with Crippen molar-refractivity contribution in [3.63, 3.8) is 0 Å². The van der Waals surface area contributed by atoms with E-state index in [2.05, 4.69) is 82.0 Å². The van der Waals surface area contributed by atoms with Gasteiger partial charge >= 0.3 is 0 Å². The van der Waals surface area contributed by atoms with Crippen LogP contribution in [0, 0.1) is 13.8 Å². The first-order valence-corrected chi connectivity index (χ1v) is 8.91. The molecule has 0 aliphatic rings. The maximum absolute atomic E-state index is 4.95. The number of nitrogens with zero attached hydrogens (tertiary/aromatic N) is 1. The molecule has 0 atom stereocenters. The van der Waals surface area contributed by atoms with Crippen LogP contribution in [0.4, 0.5) is 0 Å². The number of rotatable bonds is 4. The molecule has 0 aliphatic carbocycles. The van der Waals surface area contributed by atoms with Crippen LogP contribution in [0.15, 0.2) is 68.0 Å². The Kier molecular flexibility index (Phi) is 5.03. The van der Waals surface area contributed by atoms with Crippen LogP contribution in [0.1, 0.15) is 16.8 Å². The Morgan fingerprint density at radius 3 is 2.52 bits per heavy atom. The molecule has 2 nitrogen and oxygen atoms in total. The second-order valence-corrected chi connectivity index (χ2v) is 7.19. The van der Waals surface area contributed by atoms with Crippen molar-refractivity contribution in [1.82, 2.24) is 5.16 Å². The van der Waals surface area contributed by atoms with Crippen LogP contribution >= 0.6 is 27.7 Å². The number of hydrogen-bond acceptors (Lipinski definition) is 3. The first-order valence-electron chi connectivity index (χ1n) is 7.23. The molecule has 2 aromatic carbocycles. The molecule has 3 aromatic rings. The van der Waals surface area contributed by atoms with Gasteiger partial charge in [0.15, 0.2) is 0 Å². The van der Waals surface area contributed by atoms with Crippen molar-refractivity contribution < 1.29 is 4.52 Å². The zero-order valence-corrected chi connectivity index (χ0v) is 15.3. The summed E-state index contributed by atoms with van der Waals surface area (Å²) in [5, 5.41) is 5.95. The van der Waals surface area contributed by atoms with Gasteiger partial charge in [-0.15, -0.1) is 0 Å². The molecule has 0 aliphatic heterocycles. The Balaban J connectivity index is 1.83. The standard InChI is InChI=1S/C19H16BrNOS/c1-13-9-15(7-8-23-19-12-22-21-14(19)2)11-17(10-13)16-3-5-18(20)6-4-16/h3-12H,1-2H3. The Hall–Kier alpha value is -1.78. The summed E-state index contributed by atoms with van der Waals surface area (Å²) in [7, 11) is 0. The Bertz CT molecular complexity index is 837. The van der Waals surface area contributed by atoms with E-state index in [9.17, 15) is 0 Å². The van der Waals surface area contributed by atoms with E-state index >= 15 is 0 Å². The van der Waals surface area contributed by atoms with Gasteiger partial charge in [-0.25, -0.2) is 0 Å². The molecule has 0 amide bonds. The fourth-order valence-electron chi connectivity index (χ4n) is 2.30. The number of halogens is 1. The summed E-state index contributed by atoms with van der Waals surface area (Å²) in [6.45, 7) is 4.06. The van der Waals surface area contributed by atoms with Crippen LogP contribution in [0.5, 0.6) is 0 Å². The highest BCUT2D eigenvalue weighted by atomic mass is 79.9. The molecule has 23 heavy (non-hydrogen) atoms. The van der Waals surface area contributed by atoms with Crippen molar-refractivity contribution >= 4 is 33.8 Å². The first-order chi connectivity index (χ1) is 11.1. The fraction of sp³-hybridized carbons (Fsp3) is 0.105. The van der Waals surface area contributed by atoms with E-state index in [1.54, 1.807) is 18.0 Å². The lowest BCUT2D eigenvalue weighted by Crippen LogP contribution is -1.83. The summed E-state index contributed by atoms with van der Waals surface area (Å²) in [5.74, 6) is 0. The highest BCUT2D eigenvalue weighted by Gasteiger charge is 2.02. The molecule has 0 saturated carbocycles. The van der Waals surface area contributed by atoms with Gasteiger partial charge < -0.3 is 4.52 Å². The molecule has 0 unspecified atom stereocenters. The van der Waals surface area contributed by atoms with E-state index in [1.165, 1.54) is 22.3 Å². The van der Waals surface area contributed by atoms with Crippen molar-refractivity contribution in [3.05, 3.63) is 75.4 Å². The summed E-state index contributed by atoms with van der Waals surface area (Å²) in [5.41, 5.74) is 5.79. The van der Waals surface area contributed by atoms with Gasteiger partial charge in [0.25, 0.3) is 0 Å². The molecular weight excluding hydrogens is 370 g/mol. The smallest absolute Gasteiger partial charge is 0.138 e. The number of hydrogen-bond donors (Lipinski definition) is 0. The number of aromatic nitrogens is 1. The molecule has 116 valence electrons. The van der Waals surface area contributed by atoms with Crippen LogP contribution in [0.25, 0.3) is 17.2 Å². The average molecular weight is 386 g/mol. The molecule has 4 heteroatoms. The quantitative estimate of drug-likeness (QED) is 0.480. The maximum Gasteiger partial charge on any atom is 0.138 e. The third-order valence-electron chi connectivity index (χ3n) is 3.44. The highest BCUT2D eigenvalue weighted by molar-refractivity contribution is 9.10. The minimum absolute atomic E-state index is 0.916. The van der Waals surface area contributed by atoms with Crippen LogP contribution in [-0.4, -0.2) is 5.16 Å². The molecule has 1 heterocycles. The maximum atomic E-state index is 4.95. The molecule has 0 spiro atoms. The van der Waals surface area contributed by atoms with Crippen molar-refractivity contribution in [2.45, 2.75) is 18.7 Å².